The van der Waals surface area contributed by atoms with Crippen molar-refractivity contribution in [1.82, 2.24) is 20.5 Å². The normalized spacial score (nSPS) is 11.7. The number of hydrogen-bond acceptors (Lipinski definition) is 4. The van der Waals surface area contributed by atoms with Crippen molar-refractivity contribution >= 4 is 5.91 Å². The minimum atomic E-state index is -0.347. The number of aromatic nitrogens is 3. The SMILES string of the molecule is CC(CC#N)NC(=O)c1ncn[nH]1. The van der Waals surface area contributed by atoms with Gasteiger partial charge in [0.25, 0.3) is 5.91 Å². The Kier molecular flexibility index (Phi) is 2.97. The summed E-state index contributed by atoms with van der Waals surface area (Å²) in [6, 6.07) is 1.78. The number of amides is 1. The van der Waals surface area contributed by atoms with Gasteiger partial charge in [0, 0.05) is 6.04 Å². The van der Waals surface area contributed by atoms with Crippen LogP contribution in [0.3, 0.4) is 0 Å². The maximum atomic E-state index is 11.2. The lowest BCUT2D eigenvalue weighted by Gasteiger charge is -2.07. The van der Waals surface area contributed by atoms with E-state index in [1.807, 2.05) is 6.07 Å². The van der Waals surface area contributed by atoms with Crippen LogP contribution in [0.5, 0.6) is 0 Å². The van der Waals surface area contributed by atoms with Crippen LogP contribution in [0, 0.1) is 11.3 Å². The lowest BCUT2D eigenvalue weighted by atomic mass is 10.2. The molecular weight excluding hydrogens is 170 g/mol. The highest BCUT2D eigenvalue weighted by molar-refractivity contribution is 5.90. The van der Waals surface area contributed by atoms with Crippen molar-refractivity contribution in [1.29, 1.82) is 5.26 Å². The molecule has 1 aromatic heterocycles. The highest BCUT2D eigenvalue weighted by Crippen LogP contribution is 1.91. The molecule has 1 amide bonds. The van der Waals surface area contributed by atoms with Crippen LogP contribution in [0.25, 0.3) is 0 Å². The summed E-state index contributed by atoms with van der Waals surface area (Å²) < 4.78 is 0. The average Bonchev–Trinajstić information content (AvgIpc) is 2.55. The summed E-state index contributed by atoms with van der Waals surface area (Å²) >= 11 is 0. The zero-order valence-corrected chi connectivity index (χ0v) is 7.11. The molecule has 1 aromatic rings. The molecule has 2 N–H and O–H groups in total. The van der Waals surface area contributed by atoms with E-state index in [-0.39, 0.29) is 24.2 Å². The molecule has 1 unspecified atom stereocenters. The Morgan fingerprint density at radius 2 is 2.69 bits per heavy atom. The molecule has 0 saturated heterocycles. The molecule has 0 bridgehead atoms. The second kappa shape index (κ2) is 4.21. The van der Waals surface area contributed by atoms with Gasteiger partial charge in [0.05, 0.1) is 12.5 Å². The highest BCUT2D eigenvalue weighted by atomic mass is 16.2. The predicted octanol–water partition coefficient (Wildman–Crippen LogP) is -0.163. The number of carbonyl (C=O) groups excluding carboxylic acids is 1. The Bertz CT molecular complexity index is 312. The maximum absolute atomic E-state index is 11.2. The third kappa shape index (κ3) is 2.56. The molecule has 1 rings (SSSR count). The van der Waals surface area contributed by atoms with Gasteiger partial charge in [-0.15, -0.1) is 0 Å². The molecule has 0 aliphatic carbocycles. The molecule has 0 aromatic carbocycles. The van der Waals surface area contributed by atoms with Crippen LogP contribution in [0.4, 0.5) is 0 Å². The zero-order chi connectivity index (χ0) is 9.68. The van der Waals surface area contributed by atoms with E-state index in [9.17, 15) is 4.79 Å². The quantitative estimate of drug-likeness (QED) is 0.673. The van der Waals surface area contributed by atoms with Crippen molar-refractivity contribution < 1.29 is 4.79 Å². The summed E-state index contributed by atoms with van der Waals surface area (Å²) in [5.74, 6) is -0.190. The number of nitrogens with zero attached hydrogens (tertiary/aromatic N) is 3. The van der Waals surface area contributed by atoms with Crippen LogP contribution in [0.15, 0.2) is 6.33 Å². The summed E-state index contributed by atoms with van der Waals surface area (Å²) in [6.07, 6.45) is 1.53. The standard InChI is InChI=1S/C7H9N5O/c1-5(2-3-8)11-7(13)6-9-4-10-12-6/h4-5H,2H2,1H3,(H,11,13)(H,9,10,12). The maximum Gasteiger partial charge on any atom is 0.288 e. The van der Waals surface area contributed by atoms with E-state index in [4.69, 9.17) is 5.26 Å². The van der Waals surface area contributed by atoms with Crippen molar-refractivity contribution in [2.24, 2.45) is 0 Å². The Balaban J connectivity index is 2.48. The smallest absolute Gasteiger partial charge is 0.288 e. The first-order chi connectivity index (χ1) is 6.24. The van der Waals surface area contributed by atoms with Crippen molar-refractivity contribution in [3.05, 3.63) is 12.2 Å². The number of rotatable bonds is 3. The summed E-state index contributed by atoms with van der Waals surface area (Å²) in [5, 5.41) is 16.9. The number of nitriles is 1. The van der Waals surface area contributed by atoms with Gasteiger partial charge in [0.2, 0.25) is 5.82 Å². The largest absolute Gasteiger partial charge is 0.346 e. The first-order valence-corrected chi connectivity index (χ1v) is 3.77. The minimum Gasteiger partial charge on any atom is -0.346 e. The highest BCUT2D eigenvalue weighted by Gasteiger charge is 2.11. The van der Waals surface area contributed by atoms with Gasteiger partial charge in [-0.25, -0.2) is 4.98 Å². The third-order valence-corrected chi connectivity index (χ3v) is 1.41. The molecule has 0 aliphatic rings. The first-order valence-electron chi connectivity index (χ1n) is 3.77. The number of carbonyl (C=O) groups is 1. The molecule has 0 radical (unpaired) electrons. The van der Waals surface area contributed by atoms with Gasteiger partial charge >= 0.3 is 0 Å². The van der Waals surface area contributed by atoms with Crippen LogP contribution < -0.4 is 5.32 Å². The van der Waals surface area contributed by atoms with E-state index in [2.05, 4.69) is 20.5 Å². The molecule has 6 nitrogen and oxygen atoms in total. The lowest BCUT2D eigenvalue weighted by Crippen LogP contribution is -2.32. The molecule has 0 aliphatic heterocycles. The van der Waals surface area contributed by atoms with E-state index in [0.717, 1.165) is 0 Å². The van der Waals surface area contributed by atoms with E-state index < -0.39 is 0 Å². The molecule has 0 spiro atoms. The average molecular weight is 179 g/mol. The van der Waals surface area contributed by atoms with Crippen LogP contribution in [-0.4, -0.2) is 27.1 Å². The van der Waals surface area contributed by atoms with Crippen LogP contribution >= 0.6 is 0 Å². The number of aromatic amines is 1. The van der Waals surface area contributed by atoms with E-state index in [1.165, 1.54) is 6.33 Å². The van der Waals surface area contributed by atoms with Gasteiger partial charge in [-0.05, 0) is 6.92 Å². The van der Waals surface area contributed by atoms with Crippen molar-refractivity contribution in [2.75, 3.05) is 0 Å². The molecule has 0 saturated carbocycles. The monoisotopic (exact) mass is 179 g/mol. The summed E-state index contributed by atoms with van der Waals surface area (Å²) in [5.41, 5.74) is 0. The number of nitrogens with one attached hydrogen (secondary N) is 2. The van der Waals surface area contributed by atoms with E-state index in [1.54, 1.807) is 6.92 Å². The van der Waals surface area contributed by atoms with Gasteiger partial charge in [-0.1, -0.05) is 0 Å². The van der Waals surface area contributed by atoms with Gasteiger partial charge in [0.1, 0.15) is 6.33 Å². The Labute approximate surface area is 75.0 Å². The lowest BCUT2D eigenvalue weighted by molar-refractivity contribution is 0.0931. The van der Waals surface area contributed by atoms with Crippen LogP contribution in [0.2, 0.25) is 0 Å². The van der Waals surface area contributed by atoms with E-state index >= 15 is 0 Å². The summed E-state index contributed by atoms with van der Waals surface area (Å²) in [6.45, 7) is 1.75. The van der Waals surface area contributed by atoms with Gasteiger partial charge in [-0.3, -0.25) is 9.89 Å². The van der Waals surface area contributed by atoms with Gasteiger partial charge < -0.3 is 5.32 Å². The third-order valence-electron chi connectivity index (χ3n) is 1.41. The Hall–Kier alpha value is -1.90. The number of H-pyrrole nitrogens is 1. The molecule has 1 atom stereocenters. The Morgan fingerprint density at radius 1 is 1.92 bits per heavy atom. The second-order valence-corrected chi connectivity index (χ2v) is 2.57. The molecule has 68 valence electrons. The molecule has 13 heavy (non-hydrogen) atoms. The zero-order valence-electron chi connectivity index (χ0n) is 7.11. The van der Waals surface area contributed by atoms with Crippen molar-refractivity contribution in [3.8, 4) is 6.07 Å². The predicted molar refractivity (Wildman–Crippen MR) is 43.5 cm³/mol. The molecule has 1 heterocycles. The topological polar surface area (TPSA) is 94.5 Å². The summed E-state index contributed by atoms with van der Waals surface area (Å²) in [7, 11) is 0. The van der Waals surface area contributed by atoms with Gasteiger partial charge in [-0.2, -0.15) is 10.4 Å². The first kappa shape index (κ1) is 9.19. The van der Waals surface area contributed by atoms with Crippen LogP contribution in [-0.2, 0) is 0 Å². The number of hydrogen-bond donors (Lipinski definition) is 2. The minimum absolute atomic E-state index is 0.157. The second-order valence-electron chi connectivity index (χ2n) is 2.57. The molecule has 6 heteroatoms. The fourth-order valence-corrected chi connectivity index (χ4v) is 0.795. The fourth-order valence-electron chi connectivity index (χ4n) is 0.795. The van der Waals surface area contributed by atoms with Gasteiger partial charge in [0.15, 0.2) is 0 Å². The summed E-state index contributed by atoms with van der Waals surface area (Å²) in [4.78, 5) is 14.9. The van der Waals surface area contributed by atoms with E-state index in [0.29, 0.717) is 0 Å². The van der Waals surface area contributed by atoms with Crippen LogP contribution in [0.1, 0.15) is 24.0 Å². The van der Waals surface area contributed by atoms with Crippen molar-refractivity contribution in [2.45, 2.75) is 19.4 Å². The Morgan fingerprint density at radius 3 is 3.23 bits per heavy atom. The molecular formula is C7H9N5O. The molecule has 0 fully saturated rings. The van der Waals surface area contributed by atoms with Crippen molar-refractivity contribution in [3.63, 3.8) is 0 Å². The fraction of sp³-hybridized carbons (Fsp3) is 0.429.